The maximum absolute atomic E-state index is 12.4. The van der Waals surface area contributed by atoms with E-state index in [9.17, 15) is 9.59 Å². The fraction of sp³-hybridized carbons (Fsp3) is 0.871. The number of rotatable bonds is 27. The molecule has 0 aromatic carbocycles. The lowest BCUT2D eigenvalue weighted by Crippen LogP contribution is -2.18. The van der Waals surface area contributed by atoms with Crippen LogP contribution in [-0.2, 0) is 14.3 Å². The van der Waals surface area contributed by atoms with Gasteiger partial charge in [-0.2, -0.15) is 0 Å². The highest BCUT2D eigenvalue weighted by Gasteiger charge is 2.14. The van der Waals surface area contributed by atoms with E-state index >= 15 is 0 Å². The first-order chi connectivity index (χ1) is 17.1. The van der Waals surface area contributed by atoms with E-state index in [-0.39, 0.29) is 18.5 Å². The van der Waals surface area contributed by atoms with Crippen LogP contribution >= 0.6 is 0 Å². The molecule has 0 rings (SSSR count). The predicted octanol–water partition coefficient (Wildman–Crippen LogP) is 9.94. The van der Waals surface area contributed by atoms with Gasteiger partial charge in [0.15, 0.2) is 0 Å². The van der Waals surface area contributed by atoms with Gasteiger partial charge in [0.1, 0.15) is 6.10 Å². The molecular formula is C31H58O4. The van der Waals surface area contributed by atoms with Crippen LogP contribution in [0.5, 0.6) is 0 Å². The highest BCUT2D eigenvalue weighted by molar-refractivity contribution is 5.69. The number of carbonyl (C=O) groups is 2. The molecule has 4 heteroatoms. The van der Waals surface area contributed by atoms with E-state index in [0.717, 1.165) is 44.9 Å². The molecule has 0 saturated heterocycles. The zero-order valence-electron chi connectivity index (χ0n) is 23.4. The number of hydrogen-bond donors (Lipinski definition) is 1. The smallest absolute Gasteiger partial charge is 0.306 e. The van der Waals surface area contributed by atoms with Crippen LogP contribution < -0.4 is 0 Å². The number of esters is 1. The molecule has 0 bridgehead atoms. The second-order valence-electron chi connectivity index (χ2n) is 10.3. The van der Waals surface area contributed by atoms with Crippen molar-refractivity contribution in [2.45, 2.75) is 174 Å². The summed E-state index contributed by atoms with van der Waals surface area (Å²) in [7, 11) is 0. The van der Waals surface area contributed by atoms with E-state index in [2.05, 4.69) is 26.0 Å². The molecule has 0 aliphatic carbocycles. The van der Waals surface area contributed by atoms with Gasteiger partial charge in [0.2, 0.25) is 0 Å². The van der Waals surface area contributed by atoms with Crippen molar-refractivity contribution in [1.29, 1.82) is 0 Å². The zero-order chi connectivity index (χ0) is 25.8. The Morgan fingerprint density at radius 2 is 1.03 bits per heavy atom. The van der Waals surface area contributed by atoms with Crippen molar-refractivity contribution in [2.75, 3.05) is 0 Å². The Labute approximate surface area is 217 Å². The van der Waals surface area contributed by atoms with Gasteiger partial charge in [-0.1, -0.05) is 103 Å². The highest BCUT2D eigenvalue weighted by atomic mass is 16.5. The average Bonchev–Trinajstić information content (AvgIpc) is 2.83. The summed E-state index contributed by atoms with van der Waals surface area (Å²) in [6.07, 6.45) is 30.8. The molecule has 0 spiro atoms. The second-order valence-corrected chi connectivity index (χ2v) is 10.3. The molecule has 0 aliphatic rings. The molecule has 0 heterocycles. The summed E-state index contributed by atoms with van der Waals surface area (Å²) < 4.78 is 5.84. The third-order valence-corrected chi connectivity index (χ3v) is 6.74. The highest BCUT2D eigenvalue weighted by Crippen LogP contribution is 2.18. The summed E-state index contributed by atoms with van der Waals surface area (Å²) in [5.74, 6) is -0.771. The van der Waals surface area contributed by atoms with Crippen LogP contribution in [0, 0.1) is 0 Å². The van der Waals surface area contributed by atoms with Crippen molar-refractivity contribution in [3.05, 3.63) is 12.2 Å². The van der Waals surface area contributed by atoms with E-state index in [0.29, 0.717) is 12.8 Å². The van der Waals surface area contributed by atoms with Gasteiger partial charge < -0.3 is 9.84 Å². The van der Waals surface area contributed by atoms with Crippen LogP contribution in [0.3, 0.4) is 0 Å². The predicted molar refractivity (Wildman–Crippen MR) is 149 cm³/mol. The number of carboxylic acid groups (broad SMARTS) is 1. The Morgan fingerprint density at radius 1 is 0.600 bits per heavy atom. The summed E-state index contributed by atoms with van der Waals surface area (Å²) >= 11 is 0. The number of allylic oxidation sites excluding steroid dienone is 2. The third-order valence-electron chi connectivity index (χ3n) is 6.74. The summed E-state index contributed by atoms with van der Waals surface area (Å²) in [6, 6.07) is 0. The van der Waals surface area contributed by atoms with E-state index in [1.165, 1.54) is 89.9 Å². The van der Waals surface area contributed by atoms with Gasteiger partial charge in [0.25, 0.3) is 0 Å². The van der Waals surface area contributed by atoms with Crippen LogP contribution in [0.2, 0.25) is 0 Å². The fourth-order valence-electron chi connectivity index (χ4n) is 4.47. The van der Waals surface area contributed by atoms with Gasteiger partial charge >= 0.3 is 11.9 Å². The Bertz CT molecular complexity index is 500. The topological polar surface area (TPSA) is 63.6 Å². The molecule has 1 atom stereocenters. The zero-order valence-corrected chi connectivity index (χ0v) is 23.4. The van der Waals surface area contributed by atoms with E-state index < -0.39 is 5.97 Å². The second kappa shape index (κ2) is 27.3. The molecule has 4 nitrogen and oxygen atoms in total. The molecular weight excluding hydrogens is 436 g/mol. The molecule has 0 aliphatic heterocycles. The molecule has 1 N–H and O–H groups in total. The van der Waals surface area contributed by atoms with Crippen LogP contribution in [0.25, 0.3) is 0 Å². The van der Waals surface area contributed by atoms with Gasteiger partial charge in [-0.3, -0.25) is 9.59 Å². The average molecular weight is 495 g/mol. The molecule has 35 heavy (non-hydrogen) atoms. The first-order valence-electron chi connectivity index (χ1n) is 15.2. The fourth-order valence-corrected chi connectivity index (χ4v) is 4.47. The summed E-state index contributed by atoms with van der Waals surface area (Å²) in [5, 5.41) is 8.78. The molecule has 0 fully saturated rings. The number of hydrogen-bond acceptors (Lipinski definition) is 3. The quantitative estimate of drug-likeness (QED) is 0.0701. The Morgan fingerprint density at radius 3 is 1.60 bits per heavy atom. The van der Waals surface area contributed by atoms with E-state index in [4.69, 9.17) is 9.84 Å². The molecule has 0 saturated carbocycles. The molecule has 0 radical (unpaired) electrons. The molecule has 0 aromatic rings. The number of unbranched alkanes of at least 4 members (excludes halogenated alkanes) is 16. The van der Waals surface area contributed by atoms with Gasteiger partial charge in [0, 0.05) is 12.8 Å². The maximum Gasteiger partial charge on any atom is 0.306 e. The van der Waals surface area contributed by atoms with Crippen molar-refractivity contribution in [3.63, 3.8) is 0 Å². The lowest BCUT2D eigenvalue weighted by atomic mass is 10.0. The minimum atomic E-state index is -0.728. The summed E-state index contributed by atoms with van der Waals surface area (Å²) in [6.45, 7) is 4.47. The monoisotopic (exact) mass is 494 g/mol. The van der Waals surface area contributed by atoms with Crippen molar-refractivity contribution < 1.29 is 19.4 Å². The molecule has 0 aromatic heterocycles. The number of aliphatic carboxylic acids is 1. The Kier molecular flexibility index (Phi) is 26.2. The standard InChI is InChI=1S/C31H58O4/c1-3-5-7-9-10-11-12-13-14-15-16-17-19-24-28-31(34)35-29(25-21-18-8-6-4-2)26-22-20-23-27-30(32)33/h11-12,29H,3-10,13-28H2,1-2H3,(H,32,33)/b12-11-. The van der Waals surface area contributed by atoms with Gasteiger partial charge in [-0.15, -0.1) is 0 Å². The SMILES string of the molecule is CCCCCC/C=C\CCCCCCCCC(=O)OC(CCCCCCC)CCCCCC(=O)O. The molecule has 0 amide bonds. The van der Waals surface area contributed by atoms with Crippen LogP contribution in [0.15, 0.2) is 12.2 Å². The number of ether oxygens (including phenoxy) is 1. The maximum atomic E-state index is 12.4. The minimum Gasteiger partial charge on any atom is -0.481 e. The van der Waals surface area contributed by atoms with E-state index in [1.807, 2.05) is 0 Å². The number of carbonyl (C=O) groups excluding carboxylic acids is 1. The lowest BCUT2D eigenvalue weighted by Gasteiger charge is -2.18. The van der Waals surface area contributed by atoms with Gasteiger partial charge in [-0.25, -0.2) is 0 Å². The Hall–Kier alpha value is -1.32. The van der Waals surface area contributed by atoms with Crippen molar-refractivity contribution in [2.24, 2.45) is 0 Å². The number of carboxylic acids is 1. The Balaban J connectivity index is 3.85. The van der Waals surface area contributed by atoms with Crippen molar-refractivity contribution in [1.82, 2.24) is 0 Å². The van der Waals surface area contributed by atoms with Gasteiger partial charge in [-0.05, 0) is 64.2 Å². The van der Waals surface area contributed by atoms with Crippen molar-refractivity contribution in [3.8, 4) is 0 Å². The molecule has 206 valence electrons. The van der Waals surface area contributed by atoms with Gasteiger partial charge in [0.05, 0.1) is 0 Å². The third kappa shape index (κ3) is 27.1. The first-order valence-corrected chi connectivity index (χ1v) is 15.2. The van der Waals surface area contributed by atoms with Crippen LogP contribution in [0.1, 0.15) is 168 Å². The summed E-state index contributed by atoms with van der Waals surface area (Å²) in [5.41, 5.74) is 0. The minimum absolute atomic E-state index is 0.00801. The van der Waals surface area contributed by atoms with Crippen LogP contribution in [0.4, 0.5) is 0 Å². The molecule has 1 unspecified atom stereocenters. The van der Waals surface area contributed by atoms with Crippen molar-refractivity contribution >= 4 is 11.9 Å². The normalized spacial score (nSPS) is 12.3. The largest absolute Gasteiger partial charge is 0.481 e. The van der Waals surface area contributed by atoms with Crippen LogP contribution in [-0.4, -0.2) is 23.1 Å². The first kappa shape index (κ1) is 33.7. The lowest BCUT2D eigenvalue weighted by molar-refractivity contribution is -0.150. The van der Waals surface area contributed by atoms with E-state index in [1.54, 1.807) is 0 Å². The summed E-state index contributed by atoms with van der Waals surface area (Å²) in [4.78, 5) is 23.0.